The van der Waals surface area contributed by atoms with E-state index in [1.807, 2.05) is 27.7 Å². The maximum atomic E-state index is 12.1. The SMILES string of the molecule is CCO[C@H]1C[C@@H](N)[C@@]12CCN(C(=O)OC(C)(C)C)C2. The molecule has 0 bridgehead atoms. The fourth-order valence-corrected chi connectivity index (χ4v) is 3.12. The fourth-order valence-electron chi connectivity index (χ4n) is 3.12. The van der Waals surface area contributed by atoms with Crippen LogP contribution in [-0.2, 0) is 9.47 Å². The second-order valence-electron chi connectivity index (χ2n) is 6.67. The number of amides is 1. The summed E-state index contributed by atoms with van der Waals surface area (Å²) in [4.78, 5) is 13.9. The van der Waals surface area contributed by atoms with Crippen molar-refractivity contribution in [3.63, 3.8) is 0 Å². The van der Waals surface area contributed by atoms with Gasteiger partial charge in [-0.2, -0.15) is 0 Å². The summed E-state index contributed by atoms with van der Waals surface area (Å²) in [6, 6.07) is 0.136. The van der Waals surface area contributed by atoms with Gasteiger partial charge in [-0.15, -0.1) is 0 Å². The highest BCUT2D eigenvalue weighted by molar-refractivity contribution is 5.68. The molecule has 3 atom stereocenters. The van der Waals surface area contributed by atoms with Crippen molar-refractivity contribution >= 4 is 6.09 Å². The molecule has 5 nitrogen and oxygen atoms in total. The molecule has 2 fully saturated rings. The number of hydrogen-bond donors (Lipinski definition) is 1. The Kier molecular flexibility index (Phi) is 3.80. The first-order valence-electron chi connectivity index (χ1n) is 7.13. The zero-order valence-electron chi connectivity index (χ0n) is 12.4. The highest BCUT2D eigenvalue weighted by atomic mass is 16.6. The first-order valence-corrected chi connectivity index (χ1v) is 7.13. The number of hydrogen-bond acceptors (Lipinski definition) is 4. The summed E-state index contributed by atoms with van der Waals surface area (Å²) < 4.78 is 11.2. The normalized spacial score (nSPS) is 34.5. The Morgan fingerprint density at radius 1 is 1.47 bits per heavy atom. The van der Waals surface area contributed by atoms with Crippen molar-refractivity contribution in [1.82, 2.24) is 4.90 Å². The first-order chi connectivity index (χ1) is 8.78. The number of ether oxygens (including phenoxy) is 2. The summed E-state index contributed by atoms with van der Waals surface area (Å²) in [5.41, 5.74) is 5.67. The average molecular weight is 270 g/mol. The minimum Gasteiger partial charge on any atom is -0.444 e. The van der Waals surface area contributed by atoms with Crippen LogP contribution in [0.3, 0.4) is 0 Å². The van der Waals surface area contributed by atoms with Crippen molar-refractivity contribution in [3.05, 3.63) is 0 Å². The molecule has 1 saturated heterocycles. The van der Waals surface area contributed by atoms with Gasteiger partial charge in [0, 0.05) is 31.2 Å². The molecule has 0 unspecified atom stereocenters. The van der Waals surface area contributed by atoms with E-state index in [0.29, 0.717) is 19.7 Å². The van der Waals surface area contributed by atoms with Crippen LogP contribution < -0.4 is 5.73 Å². The van der Waals surface area contributed by atoms with Gasteiger partial charge in [0.1, 0.15) is 5.60 Å². The Morgan fingerprint density at radius 2 is 2.16 bits per heavy atom. The second-order valence-corrected chi connectivity index (χ2v) is 6.67. The van der Waals surface area contributed by atoms with Crippen molar-refractivity contribution in [2.75, 3.05) is 19.7 Å². The number of carbonyl (C=O) groups excluding carboxylic acids is 1. The Morgan fingerprint density at radius 3 is 2.68 bits per heavy atom. The second kappa shape index (κ2) is 4.94. The topological polar surface area (TPSA) is 64.8 Å². The smallest absolute Gasteiger partial charge is 0.410 e. The number of rotatable bonds is 2. The minimum atomic E-state index is -0.451. The number of carbonyl (C=O) groups is 1. The molecule has 1 saturated carbocycles. The summed E-state index contributed by atoms with van der Waals surface area (Å²) in [6.45, 7) is 9.72. The molecular formula is C14H26N2O3. The van der Waals surface area contributed by atoms with Gasteiger partial charge in [-0.05, 0) is 40.5 Å². The molecule has 2 N–H and O–H groups in total. The molecule has 19 heavy (non-hydrogen) atoms. The molecule has 0 aromatic carbocycles. The van der Waals surface area contributed by atoms with Crippen LogP contribution in [0.5, 0.6) is 0 Å². The van der Waals surface area contributed by atoms with Crippen molar-refractivity contribution in [2.45, 2.75) is 58.3 Å². The number of nitrogens with zero attached hydrogens (tertiary/aromatic N) is 1. The van der Waals surface area contributed by atoms with E-state index in [1.54, 1.807) is 4.90 Å². The lowest BCUT2D eigenvalue weighted by atomic mass is 9.61. The molecule has 0 aromatic heterocycles. The van der Waals surface area contributed by atoms with Gasteiger partial charge in [0.2, 0.25) is 0 Å². The molecule has 110 valence electrons. The van der Waals surface area contributed by atoms with Crippen molar-refractivity contribution in [2.24, 2.45) is 11.1 Å². The minimum absolute atomic E-state index is 0.0487. The lowest BCUT2D eigenvalue weighted by Gasteiger charge is -2.51. The Balaban J connectivity index is 1.97. The van der Waals surface area contributed by atoms with Gasteiger partial charge >= 0.3 is 6.09 Å². The van der Waals surface area contributed by atoms with Gasteiger partial charge in [0.25, 0.3) is 0 Å². The third-order valence-electron chi connectivity index (χ3n) is 4.20. The van der Waals surface area contributed by atoms with Crippen LogP contribution in [-0.4, -0.2) is 48.4 Å². The zero-order chi connectivity index (χ0) is 14.3. The summed E-state index contributed by atoms with van der Waals surface area (Å²) in [6.07, 6.45) is 1.77. The monoisotopic (exact) mass is 270 g/mol. The number of likely N-dealkylation sites (tertiary alicyclic amines) is 1. The van der Waals surface area contributed by atoms with E-state index < -0.39 is 5.60 Å². The highest BCUT2D eigenvalue weighted by Gasteiger charge is 2.58. The highest BCUT2D eigenvalue weighted by Crippen LogP contribution is 2.49. The van der Waals surface area contributed by atoms with Crippen molar-refractivity contribution in [3.8, 4) is 0 Å². The van der Waals surface area contributed by atoms with Gasteiger partial charge in [-0.3, -0.25) is 0 Å². The summed E-state index contributed by atoms with van der Waals surface area (Å²) in [5, 5.41) is 0. The van der Waals surface area contributed by atoms with Crippen LogP contribution in [0.15, 0.2) is 0 Å². The Labute approximate surface area is 115 Å². The fraction of sp³-hybridized carbons (Fsp3) is 0.929. The zero-order valence-corrected chi connectivity index (χ0v) is 12.4. The molecule has 1 aliphatic heterocycles. The molecule has 1 aliphatic carbocycles. The largest absolute Gasteiger partial charge is 0.444 e. The first kappa shape index (κ1) is 14.6. The van der Waals surface area contributed by atoms with Crippen molar-refractivity contribution in [1.29, 1.82) is 0 Å². The van der Waals surface area contributed by atoms with Gasteiger partial charge in [0.05, 0.1) is 6.10 Å². The lowest BCUT2D eigenvalue weighted by molar-refractivity contribution is -0.116. The molecule has 2 aliphatic rings. The van der Waals surface area contributed by atoms with Crippen LogP contribution in [0.4, 0.5) is 4.79 Å². The third-order valence-corrected chi connectivity index (χ3v) is 4.20. The maximum Gasteiger partial charge on any atom is 0.410 e. The summed E-state index contributed by atoms with van der Waals surface area (Å²) >= 11 is 0. The molecule has 1 spiro atoms. The van der Waals surface area contributed by atoms with Gasteiger partial charge in [0.15, 0.2) is 0 Å². The van der Waals surface area contributed by atoms with Crippen LogP contribution in [0.1, 0.15) is 40.5 Å². The maximum absolute atomic E-state index is 12.1. The van der Waals surface area contributed by atoms with E-state index in [4.69, 9.17) is 15.2 Å². The lowest BCUT2D eigenvalue weighted by Crippen LogP contribution is -2.63. The Hall–Kier alpha value is -0.810. The van der Waals surface area contributed by atoms with E-state index in [1.165, 1.54) is 0 Å². The molecule has 0 radical (unpaired) electrons. The molecular weight excluding hydrogens is 244 g/mol. The number of nitrogens with two attached hydrogens (primary N) is 1. The predicted octanol–water partition coefficient (Wildman–Crippen LogP) is 1.75. The summed E-state index contributed by atoms with van der Waals surface area (Å²) in [7, 11) is 0. The molecule has 1 amide bonds. The van der Waals surface area contributed by atoms with Crippen LogP contribution in [0.2, 0.25) is 0 Å². The van der Waals surface area contributed by atoms with E-state index >= 15 is 0 Å². The van der Waals surface area contributed by atoms with E-state index in [0.717, 1.165) is 12.8 Å². The van der Waals surface area contributed by atoms with Gasteiger partial charge in [-0.1, -0.05) is 0 Å². The van der Waals surface area contributed by atoms with Crippen LogP contribution >= 0.6 is 0 Å². The van der Waals surface area contributed by atoms with Crippen molar-refractivity contribution < 1.29 is 14.3 Å². The van der Waals surface area contributed by atoms with Crippen LogP contribution in [0.25, 0.3) is 0 Å². The quantitative estimate of drug-likeness (QED) is 0.830. The average Bonchev–Trinajstić information content (AvgIpc) is 2.74. The molecule has 0 aromatic rings. The molecule has 5 heteroatoms. The molecule has 2 rings (SSSR count). The predicted molar refractivity (Wildman–Crippen MR) is 72.9 cm³/mol. The van der Waals surface area contributed by atoms with Gasteiger partial charge in [-0.25, -0.2) is 4.79 Å². The van der Waals surface area contributed by atoms with E-state index in [2.05, 4.69) is 0 Å². The molecule has 1 heterocycles. The van der Waals surface area contributed by atoms with E-state index in [9.17, 15) is 4.79 Å². The summed E-state index contributed by atoms with van der Waals surface area (Å²) in [5.74, 6) is 0. The standard InChI is InChI=1S/C14H26N2O3/c1-5-18-11-8-10(15)14(11)6-7-16(9-14)12(17)19-13(2,3)4/h10-11H,5-9,15H2,1-4H3/t10-,11+,14+/m1/s1. The third kappa shape index (κ3) is 2.72. The van der Waals surface area contributed by atoms with Crippen LogP contribution in [0, 0.1) is 5.41 Å². The van der Waals surface area contributed by atoms with Gasteiger partial charge < -0.3 is 20.1 Å². The van der Waals surface area contributed by atoms with E-state index in [-0.39, 0.29) is 23.7 Å². The Bertz CT molecular complexity index is 351.